The molecule has 1 aliphatic carbocycles. The standard InChI is InChI=1S/C32H33ClN2O2S/c1-22-7-2-3-9-25(22)17-18-34-31(36)26-15-13-23(14-16-26)20-30-32(37)35(21-24-8-6-10-27(33)19-24)28-11-4-5-12-29(28)38-30/h4-6,8,10-16,19-20,22,25H,2-3,7,9,17-18,21H2,1H3,(H,34,36)/b30-20+. The molecule has 1 N–H and O–H groups in total. The molecule has 2 amide bonds. The molecule has 0 radical (unpaired) electrons. The van der Waals surface area contributed by atoms with E-state index >= 15 is 0 Å². The van der Waals surface area contributed by atoms with Crippen molar-refractivity contribution in [2.75, 3.05) is 11.4 Å². The molecule has 0 aromatic heterocycles. The molecule has 196 valence electrons. The van der Waals surface area contributed by atoms with Crippen LogP contribution in [0.1, 0.15) is 60.5 Å². The van der Waals surface area contributed by atoms with Crippen LogP contribution in [-0.2, 0) is 11.3 Å². The highest BCUT2D eigenvalue weighted by Gasteiger charge is 2.29. The van der Waals surface area contributed by atoms with E-state index in [1.54, 1.807) is 4.90 Å². The number of benzene rings is 3. The van der Waals surface area contributed by atoms with Gasteiger partial charge in [0, 0.05) is 22.0 Å². The van der Waals surface area contributed by atoms with Crippen LogP contribution in [0.25, 0.3) is 6.08 Å². The van der Waals surface area contributed by atoms with Crippen LogP contribution in [0.5, 0.6) is 0 Å². The normalized spacial score (nSPS) is 20.3. The zero-order valence-corrected chi connectivity index (χ0v) is 23.2. The predicted octanol–water partition coefficient (Wildman–Crippen LogP) is 7.97. The second-order valence-electron chi connectivity index (χ2n) is 10.3. The fraction of sp³-hybridized carbons (Fsp3) is 0.312. The Balaban J connectivity index is 1.27. The molecular weight excluding hydrogens is 512 g/mol. The van der Waals surface area contributed by atoms with Gasteiger partial charge in [0.1, 0.15) is 0 Å². The van der Waals surface area contributed by atoms with E-state index < -0.39 is 0 Å². The maximum absolute atomic E-state index is 13.6. The molecule has 2 atom stereocenters. The molecule has 1 fully saturated rings. The highest BCUT2D eigenvalue weighted by Crippen LogP contribution is 2.42. The Morgan fingerprint density at radius 2 is 1.84 bits per heavy atom. The molecule has 1 aliphatic heterocycles. The summed E-state index contributed by atoms with van der Waals surface area (Å²) in [6.07, 6.45) is 8.18. The van der Waals surface area contributed by atoms with E-state index in [1.807, 2.05) is 78.9 Å². The number of carbonyl (C=O) groups is 2. The summed E-state index contributed by atoms with van der Waals surface area (Å²) in [5.74, 6) is 1.37. The Labute approximate surface area is 234 Å². The van der Waals surface area contributed by atoms with Crippen molar-refractivity contribution in [3.05, 3.63) is 99.4 Å². The number of carbonyl (C=O) groups excluding carboxylic acids is 2. The Kier molecular flexibility index (Phi) is 8.55. The lowest BCUT2D eigenvalue weighted by Gasteiger charge is -2.30. The van der Waals surface area contributed by atoms with Gasteiger partial charge in [0.25, 0.3) is 11.8 Å². The van der Waals surface area contributed by atoms with Crippen LogP contribution in [0, 0.1) is 11.8 Å². The maximum Gasteiger partial charge on any atom is 0.265 e. The Hall–Kier alpha value is -3.02. The topological polar surface area (TPSA) is 49.4 Å². The number of fused-ring (bicyclic) bond motifs is 1. The lowest BCUT2D eigenvalue weighted by molar-refractivity contribution is -0.114. The van der Waals surface area contributed by atoms with Gasteiger partial charge in [-0.2, -0.15) is 0 Å². The van der Waals surface area contributed by atoms with Crippen molar-refractivity contribution in [1.82, 2.24) is 5.32 Å². The molecule has 5 rings (SSSR count). The number of para-hydroxylation sites is 1. The minimum atomic E-state index is -0.0487. The van der Waals surface area contributed by atoms with Crippen LogP contribution in [0.4, 0.5) is 5.69 Å². The quantitative estimate of drug-likeness (QED) is 0.307. The van der Waals surface area contributed by atoms with Crippen molar-refractivity contribution >= 4 is 46.9 Å². The highest BCUT2D eigenvalue weighted by molar-refractivity contribution is 8.04. The summed E-state index contributed by atoms with van der Waals surface area (Å²) in [6, 6.07) is 23.0. The number of hydrogen-bond donors (Lipinski definition) is 1. The van der Waals surface area contributed by atoms with E-state index in [1.165, 1.54) is 37.4 Å². The van der Waals surface area contributed by atoms with Gasteiger partial charge in [-0.05, 0) is 71.9 Å². The van der Waals surface area contributed by atoms with Gasteiger partial charge in [0.2, 0.25) is 0 Å². The number of anilines is 1. The first-order chi connectivity index (χ1) is 18.5. The van der Waals surface area contributed by atoms with Crippen LogP contribution in [0.3, 0.4) is 0 Å². The Morgan fingerprint density at radius 1 is 1.05 bits per heavy atom. The van der Waals surface area contributed by atoms with Crippen molar-refractivity contribution in [1.29, 1.82) is 0 Å². The van der Waals surface area contributed by atoms with Crippen molar-refractivity contribution in [3.63, 3.8) is 0 Å². The molecule has 3 aromatic rings. The monoisotopic (exact) mass is 544 g/mol. The van der Waals surface area contributed by atoms with E-state index in [2.05, 4.69) is 12.2 Å². The average Bonchev–Trinajstić information content (AvgIpc) is 2.92. The first kappa shape index (κ1) is 26.6. The summed E-state index contributed by atoms with van der Waals surface area (Å²) >= 11 is 7.67. The summed E-state index contributed by atoms with van der Waals surface area (Å²) in [7, 11) is 0. The number of nitrogens with one attached hydrogen (secondary N) is 1. The van der Waals surface area contributed by atoms with E-state index in [0.29, 0.717) is 34.5 Å². The van der Waals surface area contributed by atoms with Crippen molar-refractivity contribution < 1.29 is 9.59 Å². The van der Waals surface area contributed by atoms with Gasteiger partial charge >= 0.3 is 0 Å². The molecule has 3 aromatic carbocycles. The molecule has 2 unspecified atom stereocenters. The highest BCUT2D eigenvalue weighted by atomic mass is 35.5. The van der Waals surface area contributed by atoms with Crippen LogP contribution in [-0.4, -0.2) is 18.4 Å². The van der Waals surface area contributed by atoms with Gasteiger partial charge < -0.3 is 10.2 Å². The summed E-state index contributed by atoms with van der Waals surface area (Å²) in [6.45, 7) is 3.49. The molecule has 0 spiro atoms. The molecule has 6 heteroatoms. The van der Waals surface area contributed by atoms with Gasteiger partial charge in [-0.25, -0.2) is 0 Å². The van der Waals surface area contributed by atoms with E-state index in [9.17, 15) is 9.59 Å². The molecule has 1 heterocycles. The van der Waals surface area contributed by atoms with Crippen LogP contribution in [0.2, 0.25) is 5.02 Å². The minimum Gasteiger partial charge on any atom is -0.352 e. The van der Waals surface area contributed by atoms with Crippen molar-refractivity contribution in [2.45, 2.75) is 50.5 Å². The Morgan fingerprint density at radius 3 is 2.63 bits per heavy atom. The first-order valence-corrected chi connectivity index (χ1v) is 14.6. The fourth-order valence-electron chi connectivity index (χ4n) is 5.41. The van der Waals surface area contributed by atoms with Gasteiger partial charge in [-0.15, -0.1) is 0 Å². The average molecular weight is 545 g/mol. The maximum atomic E-state index is 13.6. The lowest BCUT2D eigenvalue weighted by Crippen LogP contribution is -2.33. The van der Waals surface area contributed by atoms with Crippen molar-refractivity contribution in [3.8, 4) is 0 Å². The summed E-state index contributed by atoms with van der Waals surface area (Å²) < 4.78 is 0. The van der Waals surface area contributed by atoms with Crippen LogP contribution >= 0.6 is 23.4 Å². The second kappa shape index (κ2) is 12.2. The number of rotatable bonds is 7. The second-order valence-corrected chi connectivity index (χ2v) is 11.8. The van der Waals surface area contributed by atoms with E-state index in [4.69, 9.17) is 11.6 Å². The SMILES string of the molecule is CC1CCCCC1CCNC(=O)c1ccc(/C=C2/Sc3ccccc3N(Cc3cccc(Cl)c3)C2=O)cc1. The van der Waals surface area contributed by atoms with E-state index in [0.717, 1.165) is 34.0 Å². The first-order valence-electron chi connectivity index (χ1n) is 13.4. The van der Waals surface area contributed by atoms with Gasteiger partial charge in [-0.3, -0.25) is 9.59 Å². The summed E-state index contributed by atoms with van der Waals surface area (Å²) in [5, 5.41) is 3.74. The third kappa shape index (κ3) is 6.33. The third-order valence-electron chi connectivity index (χ3n) is 7.62. The van der Waals surface area contributed by atoms with Crippen molar-refractivity contribution in [2.24, 2.45) is 11.8 Å². The number of hydrogen-bond acceptors (Lipinski definition) is 3. The van der Waals surface area contributed by atoms with Crippen LogP contribution < -0.4 is 10.2 Å². The predicted molar refractivity (Wildman–Crippen MR) is 157 cm³/mol. The Bertz CT molecular complexity index is 1340. The van der Waals surface area contributed by atoms with E-state index in [-0.39, 0.29) is 11.8 Å². The molecule has 0 saturated heterocycles. The summed E-state index contributed by atoms with van der Waals surface area (Å²) in [5.41, 5.74) is 3.39. The number of halogens is 1. The number of amides is 2. The lowest BCUT2D eigenvalue weighted by atomic mass is 9.79. The zero-order valence-electron chi connectivity index (χ0n) is 21.7. The molecule has 0 bridgehead atoms. The molecule has 1 saturated carbocycles. The molecule has 4 nitrogen and oxygen atoms in total. The number of nitrogens with zero attached hydrogens (tertiary/aromatic N) is 1. The fourth-order valence-corrected chi connectivity index (χ4v) is 6.69. The zero-order chi connectivity index (χ0) is 26.5. The third-order valence-corrected chi connectivity index (χ3v) is 8.93. The van der Waals surface area contributed by atoms with Gasteiger partial charge in [-0.1, -0.05) is 92.4 Å². The molecular formula is C32H33ClN2O2S. The largest absolute Gasteiger partial charge is 0.352 e. The number of thioether (sulfide) groups is 1. The van der Waals surface area contributed by atoms with Crippen LogP contribution in [0.15, 0.2) is 82.6 Å². The smallest absolute Gasteiger partial charge is 0.265 e. The molecule has 2 aliphatic rings. The van der Waals surface area contributed by atoms with Gasteiger partial charge in [0.05, 0.1) is 17.1 Å². The molecule has 38 heavy (non-hydrogen) atoms. The van der Waals surface area contributed by atoms with Gasteiger partial charge in [0.15, 0.2) is 0 Å². The summed E-state index contributed by atoms with van der Waals surface area (Å²) in [4.78, 5) is 29.7. The minimum absolute atomic E-state index is 0.0441.